The Labute approximate surface area is 440 Å². The number of hydrogen-bond donors (Lipinski definition) is 20. The molecule has 76 heavy (non-hydrogen) atoms. The number of aliphatic imine (C=N–C) groups is 5. The summed E-state index contributed by atoms with van der Waals surface area (Å²) in [5.41, 5.74) is 59.8. The lowest BCUT2D eigenvalue weighted by Crippen LogP contribution is -2.59. The van der Waals surface area contributed by atoms with Crippen LogP contribution in [-0.2, 0) is 43.2 Å². The first-order valence-electron chi connectivity index (χ1n) is 24.2. The van der Waals surface area contributed by atoms with Gasteiger partial charge in [0.15, 0.2) is 29.8 Å². The standard InChI is InChI=1S/C42H82N24O10/c1-20(61-33(71)24(43)10-5-15-54-38(44)45)29(67)59-22(3)31(69)63-26(12-7-17-56-40(48)49)35(73)65-25(11-6-16-55-39(46)47)34(72)62-21(2)30(68)60-23(4)32(70)64-27(13-8-18-57-41(50)51)36(74)66-28(37(75)76)14-9-19-58-42(52)53/h20-28H,5-19,43H2,1-4H3,(H,59,67)(H,60,68)(H,61,71)(H,62,72)(H,63,69)(H,64,70)(H,65,73)(H,66,74)(H,75,76)(H4,44,45,54)(H4,46,47,55)(H4,48,49,56)(H4,50,51,57)(H4,52,53,58)/t20-,21-,22-,23-,24-,25-,26-,27-,28-/m0/s1. The summed E-state index contributed by atoms with van der Waals surface area (Å²) < 4.78 is 0. The minimum absolute atomic E-state index is 0.0223. The van der Waals surface area contributed by atoms with Crippen molar-refractivity contribution in [3.8, 4) is 0 Å². The number of hydrogen-bond acceptors (Lipinski definition) is 15. The van der Waals surface area contributed by atoms with Crippen molar-refractivity contribution in [3.63, 3.8) is 0 Å². The van der Waals surface area contributed by atoms with E-state index in [1.165, 1.54) is 27.7 Å². The summed E-state index contributed by atoms with van der Waals surface area (Å²) in [5, 5.41) is 29.6. The minimum Gasteiger partial charge on any atom is -0.480 e. The first kappa shape index (κ1) is 67.5. The fraction of sp³-hybridized carbons (Fsp3) is 0.667. The minimum atomic E-state index is -1.38. The van der Waals surface area contributed by atoms with Gasteiger partial charge in [0, 0.05) is 32.7 Å². The lowest BCUT2D eigenvalue weighted by molar-refractivity contribution is -0.142. The van der Waals surface area contributed by atoms with Crippen LogP contribution in [0.4, 0.5) is 0 Å². The number of amides is 8. The largest absolute Gasteiger partial charge is 0.480 e. The maximum Gasteiger partial charge on any atom is 0.326 e. The summed E-state index contributed by atoms with van der Waals surface area (Å²) in [6.45, 7) is 5.71. The number of rotatable bonds is 37. The second-order valence-corrected chi connectivity index (χ2v) is 17.4. The smallest absolute Gasteiger partial charge is 0.326 e. The molecule has 0 aliphatic rings. The highest BCUT2D eigenvalue weighted by Gasteiger charge is 2.32. The van der Waals surface area contributed by atoms with Crippen molar-refractivity contribution in [2.75, 3.05) is 32.7 Å². The predicted octanol–water partition coefficient (Wildman–Crippen LogP) is -9.38. The molecule has 8 amide bonds. The molecule has 0 aromatic heterocycles. The highest BCUT2D eigenvalue weighted by atomic mass is 16.4. The summed E-state index contributed by atoms with van der Waals surface area (Å²) in [6.07, 6.45) is 0.920. The molecule has 0 saturated heterocycles. The second-order valence-electron chi connectivity index (χ2n) is 17.4. The van der Waals surface area contributed by atoms with Gasteiger partial charge in [0.1, 0.15) is 48.3 Å². The van der Waals surface area contributed by atoms with Crippen LogP contribution in [0, 0.1) is 0 Å². The average molecular weight is 1080 g/mol. The molecule has 0 rings (SSSR count). The van der Waals surface area contributed by atoms with Crippen LogP contribution < -0.4 is 106 Å². The van der Waals surface area contributed by atoms with Crippen molar-refractivity contribution in [2.45, 2.75) is 146 Å². The van der Waals surface area contributed by atoms with Crippen molar-refractivity contribution in [2.24, 2.45) is 88.0 Å². The summed E-state index contributed by atoms with van der Waals surface area (Å²) >= 11 is 0. The number of aliphatic carboxylic acids is 1. The fourth-order valence-electron chi connectivity index (χ4n) is 6.44. The van der Waals surface area contributed by atoms with E-state index in [0.29, 0.717) is 6.42 Å². The topological polar surface area (TPSA) is 618 Å². The van der Waals surface area contributed by atoms with Gasteiger partial charge in [-0.1, -0.05) is 0 Å². The molecule has 0 bridgehead atoms. The van der Waals surface area contributed by atoms with Crippen LogP contribution >= 0.6 is 0 Å². The fourth-order valence-corrected chi connectivity index (χ4v) is 6.44. The average Bonchev–Trinajstić information content (AvgIpc) is 3.32. The molecule has 0 aromatic carbocycles. The third-order valence-electron chi connectivity index (χ3n) is 10.6. The van der Waals surface area contributed by atoms with E-state index in [4.69, 9.17) is 63.1 Å². The van der Waals surface area contributed by atoms with Gasteiger partial charge < -0.3 is 111 Å². The second kappa shape index (κ2) is 36.5. The zero-order chi connectivity index (χ0) is 58.1. The van der Waals surface area contributed by atoms with E-state index in [2.05, 4.69) is 67.5 Å². The highest BCUT2D eigenvalue weighted by Crippen LogP contribution is 2.07. The Morgan fingerprint density at radius 3 is 0.829 bits per heavy atom. The number of nitrogens with zero attached hydrogens (tertiary/aromatic N) is 5. The van der Waals surface area contributed by atoms with Crippen molar-refractivity contribution < 1.29 is 48.3 Å². The summed E-state index contributed by atoms with van der Waals surface area (Å²) in [7, 11) is 0. The van der Waals surface area contributed by atoms with Gasteiger partial charge in [0.2, 0.25) is 47.3 Å². The van der Waals surface area contributed by atoms with E-state index < -0.39 is 108 Å². The van der Waals surface area contributed by atoms with Crippen LogP contribution in [-0.4, -0.2) is 175 Å². The number of carbonyl (C=O) groups excluding carboxylic acids is 8. The first-order chi connectivity index (χ1) is 35.5. The van der Waals surface area contributed by atoms with Crippen molar-refractivity contribution in [1.82, 2.24) is 42.5 Å². The van der Waals surface area contributed by atoms with Gasteiger partial charge in [0.25, 0.3) is 0 Å². The number of nitrogens with two attached hydrogens (primary N) is 11. The molecule has 0 radical (unpaired) electrons. The summed E-state index contributed by atoms with van der Waals surface area (Å²) in [4.78, 5) is 138. The first-order valence-corrected chi connectivity index (χ1v) is 24.2. The van der Waals surface area contributed by atoms with Crippen molar-refractivity contribution >= 4 is 83.0 Å². The molecule has 0 heterocycles. The monoisotopic (exact) mass is 1080 g/mol. The SMILES string of the molecule is C[C@H](NC(=O)[C@H](C)NC(=O)[C@H](CCCN=C(N)N)NC(=O)[C@H](CCCN=C(N)N)NC(=O)[C@H](C)NC(=O)[C@H](C)NC(=O)[C@@H](N)CCCN=C(N)N)C(=O)N[C@@H](CCCN=C(N)N)C(=O)N[C@@H](CCCN=C(N)N)C(=O)O. The number of carbonyl (C=O) groups is 9. The van der Waals surface area contributed by atoms with Crippen LogP contribution in [0.5, 0.6) is 0 Å². The van der Waals surface area contributed by atoms with Crippen LogP contribution in [0.1, 0.15) is 91.9 Å². The summed E-state index contributed by atoms with van der Waals surface area (Å²) in [5.74, 6) is -8.95. The Balaban J connectivity index is 6.19. The highest BCUT2D eigenvalue weighted by molar-refractivity contribution is 5.98. The Morgan fingerprint density at radius 2 is 0.539 bits per heavy atom. The van der Waals surface area contributed by atoms with E-state index in [0.717, 1.165) is 0 Å². The third-order valence-corrected chi connectivity index (χ3v) is 10.6. The lowest BCUT2D eigenvalue weighted by Gasteiger charge is -2.26. The number of nitrogens with one attached hydrogen (secondary N) is 8. The maximum absolute atomic E-state index is 14.0. The van der Waals surface area contributed by atoms with E-state index >= 15 is 0 Å². The molecule has 34 heteroatoms. The molecule has 0 aliphatic carbocycles. The normalized spacial score (nSPS) is 14.2. The van der Waals surface area contributed by atoms with Crippen LogP contribution in [0.2, 0.25) is 0 Å². The van der Waals surface area contributed by atoms with Crippen molar-refractivity contribution in [1.29, 1.82) is 0 Å². The predicted molar refractivity (Wildman–Crippen MR) is 283 cm³/mol. The van der Waals surface area contributed by atoms with Gasteiger partial charge in [-0.05, 0) is 91.9 Å². The van der Waals surface area contributed by atoms with Crippen molar-refractivity contribution in [3.05, 3.63) is 0 Å². The molecular weight excluding hydrogens is 1000 g/mol. The zero-order valence-electron chi connectivity index (χ0n) is 43.5. The Bertz CT molecular complexity index is 2080. The number of guanidine groups is 5. The van der Waals surface area contributed by atoms with E-state index in [1.54, 1.807) is 0 Å². The van der Waals surface area contributed by atoms with E-state index in [1.807, 2.05) is 0 Å². The maximum atomic E-state index is 14.0. The Morgan fingerprint density at radius 1 is 0.329 bits per heavy atom. The molecule has 0 fully saturated rings. The van der Waals surface area contributed by atoms with Gasteiger partial charge in [-0.3, -0.25) is 63.3 Å². The van der Waals surface area contributed by atoms with Gasteiger partial charge >= 0.3 is 5.97 Å². The van der Waals surface area contributed by atoms with Crippen LogP contribution in [0.15, 0.2) is 25.0 Å². The molecule has 0 aliphatic heterocycles. The molecule has 0 aromatic rings. The van der Waals surface area contributed by atoms with Crippen LogP contribution in [0.3, 0.4) is 0 Å². The molecule has 0 spiro atoms. The van der Waals surface area contributed by atoms with Gasteiger partial charge in [0.05, 0.1) is 6.04 Å². The van der Waals surface area contributed by atoms with Gasteiger partial charge in [-0.15, -0.1) is 0 Å². The van der Waals surface area contributed by atoms with Crippen LogP contribution in [0.25, 0.3) is 0 Å². The lowest BCUT2D eigenvalue weighted by atomic mass is 10.1. The molecule has 430 valence electrons. The molecular formula is C42H82N24O10. The van der Waals surface area contributed by atoms with E-state index in [-0.39, 0.29) is 120 Å². The van der Waals surface area contributed by atoms with E-state index in [9.17, 15) is 48.3 Å². The number of carboxylic acid groups (broad SMARTS) is 1. The summed E-state index contributed by atoms with van der Waals surface area (Å²) in [6, 6.07) is -11.5. The Kier molecular flexibility index (Phi) is 32.4. The molecule has 34 nitrogen and oxygen atoms in total. The van der Waals surface area contributed by atoms with Gasteiger partial charge in [-0.25, -0.2) is 4.79 Å². The molecule has 9 atom stereocenters. The molecule has 0 saturated carbocycles. The zero-order valence-corrected chi connectivity index (χ0v) is 43.5. The van der Waals surface area contributed by atoms with Gasteiger partial charge in [-0.2, -0.15) is 0 Å². The quantitative estimate of drug-likeness (QED) is 0.0156. The third kappa shape index (κ3) is 30.5. The number of carboxylic acids is 1. The molecule has 31 N–H and O–H groups in total. The Hall–Kier alpha value is -8.46. The molecule has 0 unspecified atom stereocenters.